The maximum absolute atomic E-state index is 8.99. The lowest BCUT2D eigenvalue weighted by Crippen LogP contribution is -2.31. The summed E-state index contributed by atoms with van der Waals surface area (Å²) in [6.07, 6.45) is -1.14. The first-order valence-electron chi connectivity index (χ1n) is 3.61. The second-order valence-electron chi connectivity index (χ2n) is 2.33. The summed E-state index contributed by atoms with van der Waals surface area (Å²) in [5, 5.41) is 17.7. The van der Waals surface area contributed by atoms with Gasteiger partial charge in [-0.05, 0) is 6.92 Å². The number of aliphatic hydroxyl groups is 2. The fourth-order valence-corrected chi connectivity index (χ4v) is 0.627. The minimum absolute atomic E-state index is 0.165. The number of hydrogen-bond donors (Lipinski definition) is 2. The van der Waals surface area contributed by atoms with Crippen molar-refractivity contribution >= 4 is 0 Å². The lowest BCUT2D eigenvalue weighted by Gasteiger charge is -2.17. The Bertz CT molecular complexity index is 84.5. The third-order valence-corrected chi connectivity index (χ3v) is 1.34. The van der Waals surface area contributed by atoms with E-state index in [2.05, 4.69) is 0 Å². The highest BCUT2D eigenvalue weighted by atomic mass is 16.5. The molecule has 68 valence electrons. The molecule has 0 rings (SSSR count). The summed E-state index contributed by atoms with van der Waals surface area (Å²) in [5.41, 5.74) is 0. The highest BCUT2D eigenvalue weighted by Gasteiger charge is 2.13. The van der Waals surface area contributed by atoms with Crippen LogP contribution in [-0.2, 0) is 9.47 Å². The molecule has 0 aromatic carbocycles. The summed E-state index contributed by atoms with van der Waals surface area (Å²) >= 11 is 0. The van der Waals surface area contributed by atoms with Crippen LogP contribution in [0.3, 0.4) is 0 Å². The number of ether oxygens (including phenoxy) is 2. The third kappa shape index (κ3) is 5.15. The Hall–Kier alpha value is -0.160. The summed E-state index contributed by atoms with van der Waals surface area (Å²) in [4.78, 5) is 0. The van der Waals surface area contributed by atoms with E-state index in [-0.39, 0.29) is 6.61 Å². The molecule has 0 spiro atoms. The van der Waals surface area contributed by atoms with Gasteiger partial charge < -0.3 is 19.7 Å². The summed E-state index contributed by atoms with van der Waals surface area (Å²) in [6.45, 7) is 2.28. The maximum Gasteiger partial charge on any atom is 0.106 e. The average Bonchev–Trinajstić information content (AvgIpc) is 1.97. The molecule has 0 aliphatic heterocycles. The summed E-state index contributed by atoms with van der Waals surface area (Å²) < 4.78 is 9.80. The van der Waals surface area contributed by atoms with E-state index in [9.17, 15) is 0 Å². The molecule has 11 heavy (non-hydrogen) atoms. The second-order valence-corrected chi connectivity index (χ2v) is 2.33. The Morgan fingerprint density at radius 1 is 1.36 bits per heavy atom. The van der Waals surface area contributed by atoms with Gasteiger partial charge >= 0.3 is 0 Å². The first-order chi connectivity index (χ1) is 5.22. The van der Waals surface area contributed by atoms with Crippen LogP contribution in [0.25, 0.3) is 0 Å². The van der Waals surface area contributed by atoms with E-state index in [1.807, 2.05) is 0 Å². The zero-order valence-corrected chi connectivity index (χ0v) is 6.99. The van der Waals surface area contributed by atoms with Crippen molar-refractivity contribution in [2.75, 3.05) is 26.9 Å². The SMILES string of the molecule is COCCOC(CO)C(C)O. The Morgan fingerprint density at radius 3 is 2.36 bits per heavy atom. The van der Waals surface area contributed by atoms with Gasteiger partial charge in [-0.1, -0.05) is 0 Å². The molecule has 4 nitrogen and oxygen atoms in total. The molecule has 0 radical (unpaired) electrons. The molecule has 0 aliphatic rings. The predicted molar refractivity (Wildman–Crippen MR) is 40.4 cm³/mol. The monoisotopic (exact) mass is 164 g/mol. The zero-order chi connectivity index (χ0) is 8.69. The van der Waals surface area contributed by atoms with Gasteiger partial charge in [0.15, 0.2) is 0 Å². The van der Waals surface area contributed by atoms with Crippen LogP contribution in [0.5, 0.6) is 0 Å². The van der Waals surface area contributed by atoms with Gasteiger partial charge in [-0.3, -0.25) is 0 Å². The fraction of sp³-hybridized carbons (Fsp3) is 1.00. The molecule has 2 atom stereocenters. The highest BCUT2D eigenvalue weighted by Crippen LogP contribution is 1.97. The molecule has 0 saturated carbocycles. The van der Waals surface area contributed by atoms with Gasteiger partial charge in [0.2, 0.25) is 0 Å². The van der Waals surface area contributed by atoms with Crippen LogP contribution in [0.2, 0.25) is 0 Å². The second kappa shape index (κ2) is 6.54. The quantitative estimate of drug-likeness (QED) is 0.514. The molecular formula is C7H16O4. The van der Waals surface area contributed by atoms with Crippen molar-refractivity contribution < 1.29 is 19.7 Å². The normalized spacial score (nSPS) is 16.4. The molecule has 4 heteroatoms. The van der Waals surface area contributed by atoms with Gasteiger partial charge in [-0.15, -0.1) is 0 Å². The molecule has 0 bridgehead atoms. The third-order valence-electron chi connectivity index (χ3n) is 1.34. The van der Waals surface area contributed by atoms with Crippen molar-refractivity contribution in [1.29, 1.82) is 0 Å². The van der Waals surface area contributed by atoms with Gasteiger partial charge in [0.25, 0.3) is 0 Å². The van der Waals surface area contributed by atoms with E-state index < -0.39 is 12.2 Å². The van der Waals surface area contributed by atoms with Crippen molar-refractivity contribution in [2.24, 2.45) is 0 Å². The van der Waals surface area contributed by atoms with E-state index in [0.29, 0.717) is 13.2 Å². The minimum atomic E-state index is -0.642. The van der Waals surface area contributed by atoms with Crippen LogP contribution in [0.1, 0.15) is 6.92 Å². The molecule has 0 amide bonds. The first-order valence-corrected chi connectivity index (χ1v) is 3.61. The van der Waals surface area contributed by atoms with Crippen LogP contribution in [0, 0.1) is 0 Å². The van der Waals surface area contributed by atoms with Crippen molar-refractivity contribution in [2.45, 2.75) is 19.1 Å². The molecule has 2 unspecified atom stereocenters. The van der Waals surface area contributed by atoms with E-state index in [0.717, 1.165) is 0 Å². The summed E-state index contributed by atoms with van der Waals surface area (Å²) in [7, 11) is 1.57. The summed E-state index contributed by atoms with van der Waals surface area (Å²) in [5.74, 6) is 0. The van der Waals surface area contributed by atoms with Crippen LogP contribution >= 0.6 is 0 Å². The molecule has 0 aromatic heterocycles. The van der Waals surface area contributed by atoms with Crippen molar-refractivity contribution in [3.05, 3.63) is 0 Å². The van der Waals surface area contributed by atoms with Crippen LogP contribution in [-0.4, -0.2) is 49.4 Å². The lowest BCUT2D eigenvalue weighted by molar-refractivity contribution is -0.0678. The molecule has 0 fully saturated rings. The van der Waals surface area contributed by atoms with Crippen LogP contribution in [0.15, 0.2) is 0 Å². The topological polar surface area (TPSA) is 58.9 Å². The standard InChI is InChI=1S/C7H16O4/c1-6(9)7(5-8)11-4-3-10-2/h6-9H,3-5H2,1-2H3. The number of rotatable bonds is 6. The van der Waals surface area contributed by atoms with Crippen molar-refractivity contribution in [3.8, 4) is 0 Å². The molecule has 0 aromatic rings. The predicted octanol–water partition coefficient (Wildman–Crippen LogP) is -0.609. The molecule has 2 N–H and O–H groups in total. The number of hydrogen-bond acceptors (Lipinski definition) is 4. The highest BCUT2D eigenvalue weighted by molar-refractivity contribution is 4.61. The van der Waals surface area contributed by atoms with E-state index >= 15 is 0 Å². The van der Waals surface area contributed by atoms with Gasteiger partial charge in [0, 0.05) is 7.11 Å². The Labute approximate surface area is 66.7 Å². The fourth-order valence-electron chi connectivity index (χ4n) is 0.627. The van der Waals surface area contributed by atoms with Gasteiger partial charge in [-0.2, -0.15) is 0 Å². The van der Waals surface area contributed by atoms with Crippen molar-refractivity contribution in [3.63, 3.8) is 0 Å². The zero-order valence-electron chi connectivity index (χ0n) is 6.99. The molecule has 0 aliphatic carbocycles. The van der Waals surface area contributed by atoms with E-state index in [1.54, 1.807) is 14.0 Å². The summed E-state index contributed by atoms with van der Waals surface area (Å²) in [6, 6.07) is 0. The van der Waals surface area contributed by atoms with Gasteiger partial charge in [0.1, 0.15) is 6.10 Å². The van der Waals surface area contributed by atoms with Gasteiger partial charge in [0.05, 0.1) is 25.9 Å². The molecule has 0 saturated heterocycles. The van der Waals surface area contributed by atoms with Crippen LogP contribution < -0.4 is 0 Å². The average molecular weight is 164 g/mol. The number of aliphatic hydroxyl groups excluding tert-OH is 2. The smallest absolute Gasteiger partial charge is 0.106 e. The first kappa shape index (κ1) is 10.8. The lowest BCUT2D eigenvalue weighted by atomic mass is 10.2. The van der Waals surface area contributed by atoms with E-state index in [1.165, 1.54) is 0 Å². The Balaban J connectivity index is 3.36. The van der Waals surface area contributed by atoms with Crippen molar-refractivity contribution in [1.82, 2.24) is 0 Å². The van der Waals surface area contributed by atoms with E-state index in [4.69, 9.17) is 19.7 Å². The molecule has 0 heterocycles. The largest absolute Gasteiger partial charge is 0.394 e. The molecular weight excluding hydrogens is 148 g/mol. The van der Waals surface area contributed by atoms with Crippen LogP contribution in [0.4, 0.5) is 0 Å². The van der Waals surface area contributed by atoms with Gasteiger partial charge in [-0.25, -0.2) is 0 Å². The number of methoxy groups -OCH3 is 1. The Kier molecular flexibility index (Phi) is 6.45. The Morgan fingerprint density at radius 2 is 2.00 bits per heavy atom. The maximum atomic E-state index is 8.99. The minimum Gasteiger partial charge on any atom is -0.394 e.